The summed E-state index contributed by atoms with van der Waals surface area (Å²) >= 11 is 1.49. The highest BCUT2D eigenvalue weighted by Gasteiger charge is 2.47. The lowest BCUT2D eigenvalue weighted by Crippen LogP contribution is -2.57. The molecule has 1 aromatic rings. The molecule has 1 atom stereocenters. The van der Waals surface area contributed by atoms with Crippen molar-refractivity contribution in [3.05, 3.63) is 22.4 Å². The van der Waals surface area contributed by atoms with Crippen molar-refractivity contribution in [3.63, 3.8) is 0 Å². The molecule has 1 spiro atoms. The van der Waals surface area contributed by atoms with Gasteiger partial charge in [0.2, 0.25) is 5.91 Å². The van der Waals surface area contributed by atoms with E-state index in [2.05, 4.69) is 0 Å². The topological polar surface area (TPSA) is 40.6 Å². The molecule has 2 saturated heterocycles. The number of amides is 2. The van der Waals surface area contributed by atoms with Crippen molar-refractivity contribution in [2.45, 2.75) is 38.1 Å². The first-order valence-corrected chi connectivity index (χ1v) is 8.17. The summed E-state index contributed by atoms with van der Waals surface area (Å²) in [7, 11) is 0. The maximum atomic E-state index is 12.5. The van der Waals surface area contributed by atoms with Crippen LogP contribution in [0.15, 0.2) is 17.5 Å². The Morgan fingerprint density at radius 2 is 2.30 bits per heavy atom. The number of carbonyl (C=O) groups excluding carboxylic acids is 2. The minimum Gasteiger partial charge on any atom is -0.336 e. The molecule has 2 aliphatic rings. The maximum absolute atomic E-state index is 12.5. The predicted molar refractivity (Wildman–Crippen MR) is 78.8 cm³/mol. The SMILES string of the molecule is CCN1C(=O)CCC12CCCN(C(=O)c1cccs1)C2. The summed E-state index contributed by atoms with van der Waals surface area (Å²) in [6.45, 7) is 4.29. The van der Waals surface area contributed by atoms with Gasteiger partial charge < -0.3 is 9.80 Å². The largest absolute Gasteiger partial charge is 0.336 e. The summed E-state index contributed by atoms with van der Waals surface area (Å²) < 4.78 is 0. The zero-order valence-corrected chi connectivity index (χ0v) is 12.6. The first kappa shape index (κ1) is 13.6. The van der Waals surface area contributed by atoms with Crippen LogP contribution in [-0.4, -0.2) is 46.8 Å². The van der Waals surface area contributed by atoms with Crippen LogP contribution in [0.1, 0.15) is 42.3 Å². The Labute approximate surface area is 123 Å². The number of nitrogens with zero attached hydrogens (tertiary/aromatic N) is 2. The quantitative estimate of drug-likeness (QED) is 0.839. The van der Waals surface area contributed by atoms with Crippen molar-refractivity contribution in [1.82, 2.24) is 9.80 Å². The van der Waals surface area contributed by atoms with E-state index >= 15 is 0 Å². The lowest BCUT2D eigenvalue weighted by atomic mass is 9.86. The van der Waals surface area contributed by atoms with Gasteiger partial charge in [-0.1, -0.05) is 6.07 Å². The fourth-order valence-corrected chi connectivity index (χ4v) is 4.34. The van der Waals surface area contributed by atoms with Gasteiger partial charge in [0.25, 0.3) is 5.91 Å². The van der Waals surface area contributed by atoms with E-state index in [-0.39, 0.29) is 17.4 Å². The number of carbonyl (C=O) groups is 2. The second-order valence-corrected chi connectivity index (χ2v) is 6.62. The maximum Gasteiger partial charge on any atom is 0.263 e. The van der Waals surface area contributed by atoms with E-state index in [4.69, 9.17) is 0 Å². The van der Waals surface area contributed by atoms with Gasteiger partial charge in [-0.05, 0) is 37.6 Å². The van der Waals surface area contributed by atoms with Gasteiger partial charge in [-0.15, -0.1) is 11.3 Å². The fourth-order valence-electron chi connectivity index (χ4n) is 3.65. The van der Waals surface area contributed by atoms with Crippen molar-refractivity contribution in [3.8, 4) is 0 Å². The number of likely N-dealkylation sites (N-methyl/N-ethyl adjacent to an activating group) is 1. The lowest BCUT2D eigenvalue weighted by Gasteiger charge is -2.45. The van der Waals surface area contributed by atoms with Crippen molar-refractivity contribution in [1.29, 1.82) is 0 Å². The van der Waals surface area contributed by atoms with Gasteiger partial charge in [-0.2, -0.15) is 0 Å². The molecule has 108 valence electrons. The molecule has 4 nitrogen and oxygen atoms in total. The molecular weight excluding hydrogens is 272 g/mol. The molecule has 0 N–H and O–H groups in total. The average molecular weight is 292 g/mol. The second-order valence-electron chi connectivity index (χ2n) is 5.67. The van der Waals surface area contributed by atoms with E-state index in [9.17, 15) is 9.59 Å². The number of hydrogen-bond acceptors (Lipinski definition) is 3. The molecule has 3 heterocycles. The van der Waals surface area contributed by atoms with Gasteiger partial charge in [0.05, 0.1) is 10.4 Å². The molecule has 20 heavy (non-hydrogen) atoms. The summed E-state index contributed by atoms with van der Waals surface area (Å²) in [5.74, 6) is 0.368. The number of likely N-dealkylation sites (tertiary alicyclic amines) is 2. The molecule has 0 aliphatic carbocycles. The van der Waals surface area contributed by atoms with Crippen LogP contribution >= 0.6 is 11.3 Å². The minimum absolute atomic E-state index is 0.100. The zero-order valence-electron chi connectivity index (χ0n) is 11.8. The smallest absolute Gasteiger partial charge is 0.263 e. The molecule has 2 amide bonds. The molecule has 5 heteroatoms. The van der Waals surface area contributed by atoms with Crippen LogP contribution in [0, 0.1) is 0 Å². The number of rotatable bonds is 2. The molecule has 0 saturated carbocycles. The molecule has 2 fully saturated rings. The van der Waals surface area contributed by atoms with Gasteiger partial charge in [-0.3, -0.25) is 9.59 Å². The van der Waals surface area contributed by atoms with Crippen molar-refractivity contribution in [2.24, 2.45) is 0 Å². The summed E-state index contributed by atoms with van der Waals surface area (Å²) in [4.78, 5) is 29.3. The Balaban J connectivity index is 1.80. The normalized spacial score (nSPS) is 26.6. The van der Waals surface area contributed by atoms with Gasteiger partial charge in [0, 0.05) is 26.1 Å². The van der Waals surface area contributed by atoms with Crippen molar-refractivity contribution >= 4 is 23.2 Å². The minimum atomic E-state index is -0.100. The molecule has 1 unspecified atom stereocenters. The van der Waals surface area contributed by atoms with Crippen molar-refractivity contribution < 1.29 is 9.59 Å². The lowest BCUT2D eigenvalue weighted by molar-refractivity contribution is -0.132. The first-order valence-electron chi connectivity index (χ1n) is 7.29. The Hall–Kier alpha value is -1.36. The molecule has 2 aliphatic heterocycles. The highest BCUT2D eigenvalue weighted by atomic mass is 32.1. The number of piperidine rings is 1. The number of thiophene rings is 1. The summed E-state index contributed by atoms with van der Waals surface area (Å²) in [5.41, 5.74) is -0.100. The van der Waals surface area contributed by atoms with Gasteiger partial charge in [0.1, 0.15) is 0 Å². The molecule has 0 bridgehead atoms. The van der Waals surface area contributed by atoms with Gasteiger partial charge >= 0.3 is 0 Å². The van der Waals surface area contributed by atoms with E-state index in [1.807, 2.05) is 34.2 Å². The third-order valence-corrected chi connectivity index (χ3v) is 5.43. The van der Waals surface area contributed by atoms with Crippen LogP contribution in [0.4, 0.5) is 0 Å². The third kappa shape index (κ3) is 2.14. The molecule has 3 rings (SSSR count). The second kappa shape index (κ2) is 5.20. The summed E-state index contributed by atoms with van der Waals surface area (Å²) in [6, 6.07) is 3.79. The summed E-state index contributed by atoms with van der Waals surface area (Å²) in [5, 5.41) is 1.93. The highest BCUT2D eigenvalue weighted by Crippen LogP contribution is 2.38. The summed E-state index contributed by atoms with van der Waals surface area (Å²) in [6.07, 6.45) is 3.55. The molecular formula is C15H20N2O2S. The van der Waals surface area contributed by atoms with E-state index in [1.165, 1.54) is 11.3 Å². The van der Waals surface area contributed by atoms with E-state index in [0.717, 1.165) is 37.2 Å². The third-order valence-electron chi connectivity index (χ3n) is 4.57. The zero-order chi connectivity index (χ0) is 14.2. The Morgan fingerprint density at radius 1 is 1.45 bits per heavy atom. The van der Waals surface area contributed by atoms with Crippen LogP contribution in [0.5, 0.6) is 0 Å². The van der Waals surface area contributed by atoms with Crippen LogP contribution in [0.2, 0.25) is 0 Å². The van der Waals surface area contributed by atoms with Crippen molar-refractivity contribution in [2.75, 3.05) is 19.6 Å². The predicted octanol–water partition coefficient (Wildman–Crippen LogP) is 2.37. The Kier molecular flexibility index (Phi) is 3.54. The van der Waals surface area contributed by atoms with Crippen LogP contribution in [0.25, 0.3) is 0 Å². The Morgan fingerprint density at radius 3 is 3.00 bits per heavy atom. The molecule has 0 radical (unpaired) electrons. The number of hydrogen-bond donors (Lipinski definition) is 0. The van der Waals surface area contributed by atoms with Gasteiger partial charge in [-0.25, -0.2) is 0 Å². The van der Waals surface area contributed by atoms with E-state index in [0.29, 0.717) is 13.0 Å². The standard InChI is InChI=1S/C15H20N2O2S/c1-2-17-13(18)6-8-15(17)7-4-9-16(11-15)14(19)12-5-3-10-20-12/h3,5,10H,2,4,6-9,11H2,1H3. The fraction of sp³-hybridized carbons (Fsp3) is 0.600. The van der Waals surface area contributed by atoms with Crippen LogP contribution in [-0.2, 0) is 4.79 Å². The molecule has 0 aromatic carbocycles. The van der Waals surface area contributed by atoms with Crippen LogP contribution in [0.3, 0.4) is 0 Å². The van der Waals surface area contributed by atoms with E-state index in [1.54, 1.807) is 0 Å². The monoisotopic (exact) mass is 292 g/mol. The van der Waals surface area contributed by atoms with Crippen LogP contribution < -0.4 is 0 Å². The Bertz CT molecular complexity index is 514. The highest BCUT2D eigenvalue weighted by molar-refractivity contribution is 7.12. The average Bonchev–Trinajstić information content (AvgIpc) is 3.08. The first-order chi connectivity index (χ1) is 9.66. The van der Waals surface area contributed by atoms with E-state index < -0.39 is 0 Å². The van der Waals surface area contributed by atoms with Gasteiger partial charge in [0.15, 0.2) is 0 Å². The molecule has 1 aromatic heterocycles.